The Balaban J connectivity index is 2.09. The van der Waals surface area contributed by atoms with E-state index in [9.17, 15) is 9.90 Å². The quantitative estimate of drug-likeness (QED) is 0.721. The molecule has 0 spiro atoms. The van der Waals surface area contributed by atoms with E-state index in [0.717, 1.165) is 0 Å². The molecule has 2 atom stereocenters. The fourth-order valence-electron chi connectivity index (χ4n) is 3.08. The van der Waals surface area contributed by atoms with Crippen molar-refractivity contribution in [3.8, 4) is 0 Å². The first-order chi connectivity index (χ1) is 7.74. The van der Waals surface area contributed by atoms with Crippen LogP contribution in [0, 0.1) is 0 Å². The van der Waals surface area contributed by atoms with Crippen molar-refractivity contribution in [1.29, 1.82) is 0 Å². The number of aliphatic hydroxyl groups excluding tert-OH is 1. The lowest BCUT2D eigenvalue weighted by atomic mass is 9.91. The Labute approximate surface area is 97.0 Å². The van der Waals surface area contributed by atoms with Crippen LogP contribution in [-0.4, -0.2) is 47.2 Å². The van der Waals surface area contributed by atoms with Crippen LogP contribution in [0.3, 0.4) is 0 Å². The van der Waals surface area contributed by atoms with E-state index in [-0.39, 0.29) is 18.6 Å². The summed E-state index contributed by atoms with van der Waals surface area (Å²) in [6, 6.07) is 0.511. The number of carbonyl (C=O) groups is 1. The van der Waals surface area contributed by atoms with Gasteiger partial charge in [0.1, 0.15) is 6.04 Å². The molecule has 0 radical (unpaired) electrons. The number of nitrogens with one attached hydrogen (secondary N) is 1. The van der Waals surface area contributed by atoms with E-state index in [1.165, 1.54) is 32.1 Å². The molecule has 1 amide bonds. The molecule has 0 aromatic rings. The molecule has 0 aromatic heterocycles. The van der Waals surface area contributed by atoms with Crippen molar-refractivity contribution in [1.82, 2.24) is 10.2 Å². The maximum absolute atomic E-state index is 11.7. The zero-order valence-electron chi connectivity index (χ0n) is 9.98. The zero-order chi connectivity index (χ0) is 11.5. The summed E-state index contributed by atoms with van der Waals surface area (Å²) in [4.78, 5) is 14.0. The predicted octanol–water partition coefficient (Wildman–Crippen LogP) is 0.500. The summed E-state index contributed by atoms with van der Waals surface area (Å²) >= 11 is 0. The summed E-state index contributed by atoms with van der Waals surface area (Å²) in [5, 5.41) is 12.2. The van der Waals surface area contributed by atoms with E-state index < -0.39 is 0 Å². The van der Waals surface area contributed by atoms with Crippen molar-refractivity contribution < 1.29 is 9.90 Å². The van der Waals surface area contributed by atoms with Crippen LogP contribution in [0.2, 0.25) is 0 Å². The average Bonchev–Trinajstić information content (AvgIpc) is 2.33. The lowest BCUT2D eigenvalue weighted by molar-refractivity contribution is -0.135. The predicted molar refractivity (Wildman–Crippen MR) is 62.1 cm³/mol. The molecule has 1 aliphatic carbocycles. The highest BCUT2D eigenvalue weighted by Gasteiger charge is 2.38. The highest BCUT2D eigenvalue weighted by molar-refractivity contribution is 5.82. The lowest BCUT2D eigenvalue weighted by Gasteiger charge is -2.45. The Hall–Kier alpha value is -0.610. The third-order valence-corrected chi connectivity index (χ3v) is 3.91. The minimum Gasteiger partial charge on any atom is -0.394 e. The summed E-state index contributed by atoms with van der Waals surface area (Å²) in [7, 11) is 0. The van der Waals surface area contributed by atoms with Gasteiger partial charge in [-0.25, -0.2) is 0 Å². The highest BCUT2D eigenvalue weighted by atomic mass is 16.3. The summed E-state index contributed by atoms with van der Waals surface area (Å²) < 4.78 is 0. The SMILES string of the molecule is CC1CNC(=O)C(CO)N1C1CCCCC1. The van der Waals surface area contributed by atoms with Gasteiger partial charge >= 0.3 is 0 Å². The molecule has 2 fully saturated rings. The first kappa shape index (κ1) is 11.9. The largest absolute Gasteiger partial charge is 0.394 e. The summed E-state index contributed by atoms with van der Waals surface area (Å²) in [5.41, 5.74) is 0. The molecule has 4 nitrogen and oxygen atoms in total. The Morgan fingerprint density at radius 2 is 2.06 bits per heavy atom. The smallest absolute Gasteiger partial charge is 0.239 e. The zero-order valence-corrected chi connectivity index (χ0v) is 9.98. The molecule has 2 N–H and O–H groups in total. The Kier molecular flexibility index (Phi) is 3.82. The third kappa shape index (κ3) is 2.23. The first-order valence-electron chi connectivity index (χ1n) is 6.40. The number of aliphatic hydroxyl groups is 1. The minimum atomic E-state index is -0.327. The molecule has 4 heteroatoms. The van der Waals surface area contributed by atoms with E-state index in [1.807, 2.05) is 0 Å². The van der Waals surface area contributed by atoms with Crippen molar-refractivity contribution in [2.45, 2.75) is 57.2 Å². The van der Waals surface area contributed by atoms with E-state index >= 15 is 0 Å². The number of rotatable bonds is 2. The topological polar surface area (TPSA) is 52.6 Å². The Bertz CT molecular complexity index is 251. The lowest BCUT2D eigenvalue weighted by Crippen LogP contribution is -2.64. The molecule has 2 unspecified atom stereocenters. The number of nitrogens with zero attached hydrogens (tertiary/aromatic N) is 1. The van der Waals surface area contributed by atoms with Crippen LogP contribution in [0.4, 0.5) is 0 Å². The molecule has 1 aliphatic heterocycles. The van der Waals surface area contributed by atoms with Crippen molar-refractivity contribution in [2.75, 3.05) is 13.2 Å². The van der Waals surface area contributed by atoms with Crippen molar-refractivity contribution >= 4 is 5.91 Å². The van der Waals surface area contributed by atoms with E-state index in [1.54, 1.807) is 0 Å². The van der Waals surface area contributed by atoms with Gasteiger partial charge in [-0.15, -0.1) is 0 Å². The van der Waals surface area contributed by atoms with Crippen LogP contribution in [0.15, 0.2) is 0 Å². The molecule has 2 rings (SSSR count). The van der Waals surface area contributed by atoms with Crippen LogP contribution in [0.1, 0.15) is 39.0 Å². The molecule has 1 heterocycles. The second-order valence-corrected chi connectivity index (χ2v) is 5.03. The molecule has 2 aliphatic rings. The fraction of sp³-hybridized carbons (Fsp3) is 0.917. The maximum Gasteiger partial charge on any atom is 0.239 e. The average molecular weight is 226 g/mol. The van der Waals surface area contributed by atoms with Gasteiger partial charge in [0.2, 0.25) is 5.91 Å². The molecule has 1 saturated carbocycles. The maximum atomic E-state index is 11.7. The van der Waals surface area contributed by atoms with Crippen LogP contribution in [0.25, 0.3) is 0 Å². The first-order valence-corrected chi connectivity index (χ1v) is 6.40. The highest BCUT2D eigenvalue weighted by Crippen LogP contribution is 2.27. The van der Waals surface area contributed by atoms with Crippen LogP contribution in [0.5, 0.6) is 0 Å². The Morgan fingerprint density at radius 3 is 2.69 bits per heavy atom. The van der Waals surface area contributed by atoms with Gasteiger partial charge in [-0.3, -0.25) is 9.69 Å². The van der Waals surface area contributed by atoms with E-state index in [4.69, 9.17) is 0 Å². The summed E-state index contributed by atoms with van der Waals surface area (Å²) in [5.74, 6) is -0.00817. The molecular formula is C12H22N2O2. The van der Waals surface area contributed by atoms with Gasteiger partial charge < -0.3 is 10.4 Å². The van der Waals surface area contributed by atoms with E-state index in [0.29, 0.717) is 18.6 Å². The van der Waals surface area contributed by atoms with Gasteiger partial charge in [-0.1, -0.05) is 19.3 Å². The second-order valence-electron chi connectivity index (χ2n) is 5.03. The number of hydrogen-bond acceptors (Lipinski definition) is 3. The third-order valence-electron chi connectivity index (χ3n) is 3.91. The van der Waals surface area contributed by atoms with Crippen molar-refractivity contribution in [3.63, 3.8) is 0 Å². The molecule has 0 aromatic carbocycles. The molecule has 16 heavy (non-hydrogen) atoms. The standard InChI is InChI=1S/C12H22N2O2/c1-9-7-13-12(16)11(8-15)14(9)10-5-3-2-4-6-10/h9-11,15H,2-8H2,1H3,(H,13,16). The monoisotopic (exact) mass is 226 g/mol. The van der Waals surface area contributed by atoms with Crippen molar-refractivity contribution in [3.05, 3.63) is 0 Å². The van der Waals surface area contributed by atoms with Crippen LogP contribution >= 0.6 is 0 Å². The van der Waals surface area contributed by atoms with E-state index in [2.05, 4.69) is 17.1 Å². The van der Waals surface area contributed by atoms with Crippen LogP contribution in [-0.2, 0) is 4.79 Å². The molecule has 0 bridgehead atoms. The number of carbonyl (C=O) groups excluding carboxylic acids is 1. The minimum absolute atomic E-state index is 0.00817. The summed E-state index contributed by atoms with van der Waals surface area (Å²) in [6.45, 7) is 2.79. The van der Waals surface area contributed by atoms with Gasteiger partial charge in [0.05, 0.1) is 6.61 Å². The molecule has 1 saturated heterocycles. The molecule has 92 valence electrons. The van der Waals surface area contributed by atoms with Gasteiger partial charge in [0.15, 0.2) is 0 Å². The fourth-order valence-corrected chi connectivity index (χ4v) is 3.08. The van der Waals surface area contributed by atoms with Gasteiger partial charge in [-0.05, 0) is 19.8 Å². The second kappa shape index (κ2) is 5.15. The number of piperazine rings is 1. The normalized spacial score (nSPS) is 33.8. The number of hydrogen-bond donors (Lipinski definition) is 2. The van der Waals surface area contributed by atoms with Crippen molar-refractivity contribution in [2.24, 2.45) is 0 Å². The summed E-state index contributed by atoms with van der Waals surface area (Å²) in [6.07, 6.45) is 6.18. The van der Waals surface area contributed by atoms with Gasteiger partial charge in [0, 0.05) is 18.6 Å². The van der Waals surface area contributed by atoms with Crippen LogP contribution < -0.4 is 5.32 Å². The van der Waals surface area contributed by atoms with Gasteiger partial charge in [-0.2, -0.15) is 0 Å². The van der Waals surface area contributed by atoms with Gasteiger partial charge in [0.25, 0.3) is 0 Å². The molecular weight excluding hydrogens is 204 g/mol. The Morgan fingerprint density at radius 1 is 1.38 bits per heavy atom. The number of amides is 1.